The van der Waals surface area contributed by atoms with Crippen LogP contribution in [0.3, 0.4) is 0 Å². The minimum atomic E-state index is -0.524. The van der Waals surface area contributed by atoms with E-state index in [1.165, 1.54) is 24.3 Å². The number of fused-ring (bicyclic) bond motifs is 1. The van der Waals surface area contributed by atoms with E-state index in [1.54, 1.807) is 13.3 Å². The summed E-state index contributed by atoms with van der Waals surface area (Å²) >= 11 is 0. The highest BCUT2D eigenvalue weighted by molar-refractivity contribution is 5.92. The molecule has 0 aliphatic carbocycles. The summed E-state index contributed by atoms with van der Waals surface area (Å²) in [5, 5.41) is 15.3. The summed E-state index contributed by atoms with van der Waals surface area (Å²) in [6.07, 6.45) is 1.25. The molecule has 9 nitrogen and oxygen atoms in total. The van der Waals surface area contributed by atoms with E-state index >= 15 is 0 Å². The third-order valence-corrected chi connectivity index (χ3v) is 5.73. The Morgan fingerprint density at radius 2 is 1.73 bits per heavy atom. The molecule has 37 heavy (non-hydrogen) atoms. The van der Waals surface area contributed by atoms with Gasteiger partial charge in [0.15, 0.2) is 0 Å². The highest BCUT2D eigenvalue weighted by Crippen LogP contribution is 2.28. The molecule has 2 aromatic carbocycles. The van der Waals surface area contributed by atoms with Crippen LogP contribution in [0.5, 0.6) is 5.75 Å². The standard InChI is InChI=1S/C28H36N4O5/c1-19(2)16-31(17-20(3)4)18-25(37-28(33)21-8-10-23(11-9-21)32(34)35)15-30-26-14-24(36-5)13-22-7-6-12-29-27(22)26/h6-14,19-20,25,30H,15-18H2,1-5H3. The van der Waals surface area contributed by atoms with Crippen molar-refractivity contribution in [2.75, 3.05) is 38.6 Å². The SMILES string of the molecule is COc1cc(NCC(CN(CC(C)C)CC(C)C)OC(=O)c2ccc([N+](=O)[O-])cc2)c2ncccc2c1. The van der Waals surface area contributed by atoms with Crippen molar-refractivity contribution < 1.29 is 19.2 Å². The molecular weight excluding hydrogens is 472 g/mol. The number of hydrogen-bond acceptors (Lipinski definition) is 8. The van der Waals surface area contributed by atoms with Crippen molar-refractivity contribution in [2.24, 2.45) is 11.8 Å². The molecule has 0 aliphatic heterocycles. The number of aromatic nitrogens is 1. The average Bonchev–Trinajstić information content (AvgIpc) is 2.86. The number of nitrogens with zero attached hydrogens (tertiary/aromatic N) is 3. The Morgan fingerprint density at radius 3 is 2.32 bits per heavy atom. The first-order chi connectivity index (χ1) is 17.7. The van der Waals surface area contributed by atoms with Gasteiger partial charge < -0.3 is 14.8 Å². The van der Waals surface area contributed by atoms with E-state index in [9.17, 15) is 14.9 Å². The molecule has 0 amide bonds. The zero-order valence-corrected chi connectivity index (χ0v) is 22.1. The molecule has 0 saturated carbocycles. The topological polar surface area (TPSA) is 107 Å². The summed E-state index contributed by atoms with van der Waals surface area (Å²) in [5.74, 6) is 1.07. The third kappa shape index (κ3) is 8.15. The molecule has 1 aromatic heterocycles. The highest BCUT2D eigenvalue weighted by atomic mass is 16.6. The van der Waals surface area contributed by atoms with E-state index < -0.39 is 17.0 Å². The van der Waals surface area contributed by atoms with Crippen molar-refractivity contribution in [2.45, 2.75) is 33.8 Å². The van der Waals surface area contributed by atoms with Gasteiger partial charge in [-0.1, -0.05) is 33.8 Å². The Morgan fingerprint density at radius 1 is 1.05 bits per heavy atom. The number of hydrogen-bond donors (Lipinski definition) is 1. The maximum absolute atomic E-state index is 13.0. The molecule has 1 N–H and O–H groups in total. The van der Waals surface area contributed by atoms with Gasteiger partial charge in [-0.05, 0) is 36.1 Å². The normalized spacial score (nSPS) is 12.2. The van der Waals surface area contributed by atoms with Crippen LogP contribution in [-0.2, 0) is 4.74 Å². The number of ether oxygens (including phenoxy) is 2. The van der Waals surface area contributed by atoms with Gasteiger partial charge in [0, 0.05) is 49.4 Å². The van der Waals surface area contributed by atoms with Crippen LogP contribution in [0.4, 0.5) is 11.4 Å². The Balaban J connectivity index is 1.84. The number of anilines is 1. The molecular formula is C28H36N4O5. The fourth-order valence-corrected chi connectivity index (χ4v) is 4.27. The first-order valence-corrected chi connectivity index (χ1v) is 12.5. The molecule has 3 aromatic rings. The van der Waals surface area contributed by atoms with E-state index in [1.807, 2.05) is 24.3 Å². The van der Waals surface area contributed by atoms with Crippen LogP contribution >= 0.6 is 0 Å². The molecule has 0 saturated heterocycles. The van der Waals surface area contributed by atoms with Crippen molar-refractivity contribution in [1.82, 2.24) is 9.88 Å². The average molecular weight is 509 g/mol. The second-order valence-electron chi connectivity index (χ2n) is 9.97. The number of carbonyl (C=O) groups excluding carboxylic acids is 1. The fourth-order valence-electron chi connectivity index (χ4n) is 4.27. The van der Waals surface area contributed by atoms with Crippen molar-refractivity contribution in [3.63, 3.8) is 0 Å². The van der Waals surface area contributed by atoms with Crippen molar-refractivity contribution in [1.29, 1.82) is 0 Å². The minimum absolute atomic E-state index is 0.0767. The smallest absolute Gasteiger partial charge is 0.338 e. The van der Waals surface area contributed by atoms with Crippen LogP contribution in [0, 0.1) is 22.0 Å². The summed E-state index contributed by atoms with van der Waals surface area (Å²) in [5.41, 5.74) is 1.77. The fraction of sp³-hybridized carbons (Fsp3) is 0.429. The Labute approximate surface area is 217 Å². The number of nitrogens with one attached hydrogen (secondary N) is 1. The first kappa shape index (κ1) is 27.9. The number of pyridine rings is 1. The van der Waals surface area contributed by atoms with E-state index in [4.69, 9.17) is 9.47 Å². The maximum Gasteiger partial charge on any atom is 0.338 e. The van der Waals surface area contributed by atoms with Crippen LogP contribution in [0.15, 0.2) is 54.7 Å². The monoisotopic (exact) mass is 508 g/mol. The lowest BCUT2D eigenvalue weighted by Crippen LogP contribution is -2.42. The van der Waals surface area contributed by atoms with Gasteiger partial charge in [0.05, 0.1) is 35.3 Å². The van der Waals surface area contributed by atoms with Crippen molar-refractivity contribution in [3.05, 3.63) is 70.4 Å². The summed E-state index contributed by atoms with van der Waals surface area (Å²) in [6.45, 7) is 11.3. The second kappa shape index (κ2) is 13.0. The summed E-state index contributed by atoms with van der Waals surface area (Å²) in [7, 11) is 1.62. The number of benzene rings is 2. The number of carbonyl (C=O) groups is 1. The van der Waals surface area contributed by atoms with Gasteiger partial charge in [-0.2, -0.15) is 0 Å². The second-order valence-corrected chi connectivity index (χ2v) is 9.97. The Hall–Kier alpha value is -3.72. The number of methoxy groups -OCH3 is 1. The van der Waals surface area contributed by atoms with E-state index in [0.717, 1.165) is 29.7 Å². The molecule has 1 unspecified atom stereocenters. The van der Waals surface area contributed by atoms with Crippen LogP contribution in [0.2, 0.25) is 0 Å². The number of nitro benzene ring substituents is 1. The molecule has 1 heterocycles. The first-order valence-electron chi connectivity index (χ1n) is 12.5. The van der Waals surface area contributed by atoms with Gasteiger partial charge in [0.1, 0.15) is 11.9 Å². The molecule has 9 heteroatoms. The lowest BCUT2D eigenvalue weighted by Gasteiger charge is -2.30. The lowest BCUT2D eigenvalue weighted by molar-refractivity contribution is -0.384. The number of non-ortho nitro benzene ring substituents is 1. The zero-order valence-electron chi connectivity index (χ0n) is 22.1. The van der Waals surface area contributed by atoms with Gasteiger partial charge in [0.25, 0.3) is 5.69 Å². The third-order valence-electron chi connectivity index (χ3n) is 5.73. The van der Waals surface area contributed by atoms with E-state index in [0.29, 0.717) is 30.7 Å². The molecule has 0 aliphatic rings. The summed E-state index contributed by atoms with van der Waals surface area (Å²) in [4.78, 5) is 30.3. The van der Waals surface area contributed by atoms with Crippen molar-refractivity contribution in [3.8, 4) is 5.75 Å². The van der Waals surface area contributed by atoms with Crippen LogP contribution in [0.1, 0.15) is 38.1 Å². The van der Waals surface area contributed by atoms with Gasteiger partial charge in [0.2, 0.25) is 0 Å². The van der Waals surface area contributed by atoms with Crippen LogP contribution in [-0.4, -0.2) is 60.2 Å². The largest absolute Gasteiger partial charge is 0.497 e. The van der Waals surface area contributed by atoms with Crippen LogP contribution in [0.25, 0.3) is 10.9 Å². The van der Waals surface area contributed by atoms with Gasteiger partial charge >= 0.3 is 5.97 Å². The van der Waals surface area contributed by atoms with Crippen molar-refractivity contribution >= 4 is 28.2 Å². The van der Waals surface area contributed by atoms with E-state index in [-0.39, 0.29) is 11.3 Å². The minimum Gasteiger partial charge on any atom is -0.497 e. The van der Waals surface area contributed by atoms with Crippen LogP contribution < -0.4 is 10.1 Å². The highest BCUT2D eigenvalue weighted by Gasteiger charge is 2.22. The number of esters is 1. The van der Waals surface area contributed by atoms with E-state index in [2.05, 4.69) is 42.9 Å². The molecule has 1 atom stereocenters. The molecule has 0 bridgehead atoms. The van der Waals surface area contributed by atoms with Gasteiger partial charge in [-0.15, -0.1) is 0 Å². The molecule has 3 rings (SSSR count). The molecule has 0 fully saturated rings. The molecule has 0 radical (unpaired) electrons. The van der Waals surface area contributed by atoms with Gasteiger partial charge in [-0.25, -0.2) is 4.79 Å². The maximum atomic E-state index is 13.0. The number of nitro groups is 1. The zero-order chi connectivity index (χ0) is 26.9. The Bertz CT molecular complexity index is 1190. The van der Waals surface area contributed by atoms with Gasteiger partial charge in [-0.3, -0.25) is 20.0 Å². The molecule has 198 valence electrons. The predicted octanol–water partition coefficient (Wildman–Crippen LogP) is 5.40. The summed E-state index contributed by atoms with van der Waals surface area (Å²) in [6, 6.07) is 13.1. The predicted molar refractivity (Wildman–Crippen MR) is 145 cm³/mol. The molecule has 0 spiro atoms. The quantitative estimate of drug-likeness (QED) is 0.186. The lowest BCUT2D eigenvalue weighted by atomic mass is 10.1. The Kier molecular flexibility index (Phi) is 9.79. The summed E-state index contributed by atoms with van der Waals surface area (Å²) < 4.78 is 11.4. The number of rotatable bonds is 13.